The van der Waals surface area contributed by atoms with Crippen molar-refractivity contribution < 1.29 is 14.6 Å². The molecular formula is C10H8BrNO3. The number of aliphatic carboxylic acids is 1. The molecule has 1 aromatic rings. The maximum absolute atomic E-state index is 10.3. The number of hydrogen-bond acceptors (Lipinski definition) is 3. The van der Waals surface area contributed by atoms with Crippen LogP contribution in [0.5, 0.6) is 5.75 Å². The number of ether oxygens (including phenoxy) is 1. The lowest BCUT2D eigenvalue weighted by Gasteiger charge is -2.07. The van der Waals surface area contributed by atoms with Gasteiger partial charge in [0.25, 0.3) is 0 Å². The molecule has 0 radical (unpaired) electrons. The van der Waals surface area contributed by atoms with Crippen LogP contribution in [-0.4, -0.2) is 17.7 Å². The Morgan fingerprint density at radius 3 is 2.87 bits per heavy atom. The average Bonchev–Trinajstić information content (AvgIpc) is 2.25. The van der Waals surface area contributed by atoms with E-state index in [0.717, 1.165) is 5.56 Å². The van der Waals surface area contributed by atoms with E-state index >= 15 is 0 Å². The van der Waals surface area contributed by atoms with Gasteiger partial charge in [-0.15, -0.1) is 0 Å². The summed E-state index contributed by atoms with van der Waals surface area (Å²) in [5.74, 6) is -0.548. The molecule has 0 aliphatic heterocycles. The summed E-state index contributed by atoms with van der Waals surface area (Å²) in [5, 5.41) is 17.6. The first-order chi connectivity index (χ1) is 7.17. The summed E-state index contributed by atoms with van der Waals surface area (Å²) in [7, 11) is 0. The number of carboxylic acids is 1. The van der Waals surface area contributed by atoms with E-state index in [1.54, 1.807) is 18.2 Å². The minimum atomic E-state index is -1.03. The number of carbonyl (C=O) groups is 1. The van der Waals surface area contributed by atoms with Crippen LogP contribution in [0.25, 0.3) is 0 Å². The van der Waals surface area contributed by atoms with E-state index in [-0.39, 0.29) is 6.61 Å². The number of alkyl halides is 1. The van der Waals surface area contributed by atoms with E-state index in [1.165, 1.54) is 0 Å². The molecule has 0 saturated heterocycles. The van der Waals surface area contributed by atoms with Gasteiger partial charge in [0, 0.05) is 10.9 Å². The molecule has 0 aliphatic carbocycles. The van der Waals surface area contributed by atoms with Crippen molar-refractivity contribution >= 4 is 21.9 Å². The zero-order valence-electron chi connectivity index (χ0n) is 7.74. The second kappa shape index (κ2) is 5.37. The summed E-state index contributed by atoms with van der Waals surface area (Å²) in [6.45, 7) is -0.383. The van der Waals surface area contributed by atoms with Crippen molar-refractivity contribution in [1.29, 1.82) is 5.26 Å². The molecule has 1 aromatic carbocycles. The Bertz CT molecular complexity index is 412. The lowest BCUT2D eigenvalue weighted by Crippen LogP contribution is -2.10. The highest BCUT2D eigenvalue weighted by Crippen LogP contribution is 2.22. The van der Waals surface area contributed by atoms with Gasteiger partial charge in [0.15, 0.2) is 6.61 Å². The minimum absolute atomic E-state index is 0.383. The van der Waals surface area contributed by atoms with Crippen molar-refractivity contribution in [1.82, 2.24) is 0 Å². The summed E-state index contributed by atoms with van der Waals surface area (Å²) >= 11 is 3.24. The van der Waals surface area contributed by atoms with Gasteiger partial charge in [0.05, 0.1) is 11.6 Å². The molecular weight excluding hydrogens is 262 g/mol. The number of hydrogen-bond donors (Lipinski definition) is 1. The minimum Gasteiger partial charge on any atom is -0.482 e. The van der Waals surface area contributed by atoms with Crippen molar-refractivity contribution in [2.75, 3.05) is 6.61 Å². The Hall–Kier alpha value is -1.54. The van der Waals surface area contributed by atoms with Crippen LogP contribution < -0.4 is 4.74 Å². The highest BCUT2D eigenvalue weighted by Gasteiger charge is 2.06. The molecule has 0 fully saturated rings. The molecule has 15 heavy (non-hydrogen) atoms. The topological polar surface area (TPSA) is 70.3 Å². The predicted molar refractivity (Wildman–Crippen MR) is 56.9 cm³/mol. The van der Waals surface area contributed by atoms with Crippen LogP contribution in [0.4, 0.5) is 0 Å². The van der Waals surface area contributed by atoms with E-state index in [4.69, 9.17) is 15.1 Å². The zero-order chi connectivity index (χ0) is 11.3. The van der Waals surface area contributed by atoms with Gasteiger partial charge in [-0.2, -0.15) is 5.26 Å². The number of nitrogens with zero attached hydrogens (tertiary/aromatic N) is 1. The SMILES string of the molecule is N#Cc1ccc(OCC(=O)O)c(CBr)c1. The smallest absolute Gasteiger partial charge is 0.341 e. The maximum atomic E-state index is 10.3. The van der Waals surface area contributed by atoms with Crippen LogP contribution in [0.1, 0.15) is 11.1 Å². The number of nitriles is 1. The van der Waals surface area contributed by atoms with E-state index in [0.29, 0.717) is 16.6 Å². The second-order valence-electron chi connectivity index (χ2n) is 2.75. The Morgan fingerprint density at radius 1 is 1.60 bits per heavy atom. The zero-order valence-corrected chi connectivity index (χ0v) is 9.32. The van der Waals surface area contributed by atoms with Crippen molar-refractivity contribution in [3.8, 4) is 11.8 Å². The summed E-state index contributed by atoms with van der Waals surface area (Å²) in [4.78, 5) is 10.3. The summed E-state index contributed by atoms with van der Waals surface area (Å²) in [6.07, 6.45) is 0. The Balaban J connectivity index is 2.88. The molecule has 1 rings (SSSR count). The third kappa shape index (κ3) is 3.26. The summed E-state index contributed by atoms with van der Waals surface area (Å²) < 4.78 is 5.05. The van der Waals surface area contributed by atoms with E-state index in [9.17, 15) is 4.79 Å². The molecule has 0 bridgehead atoms. The molecule has 78 valence electrons. The van der Waals surface area contributed by atoms with Crippen LogP contribution >= 0.6 is 15.9 Å². The maximum Gasteiger partial charge on any atom is 0.341 e. The number of rotatable bonds is 4. The molecule has 0 saturated carbocycles. The second-order valence-corrected chi connectivity index (χ2v) is 3.31. The standard InChI is InChI=1S/C10H8BrNO3/c11-4-8-3-7(5-12)1-2-9(8)15-6-10(13)14/h1-3H,4,6H2,(H,13,14). The largest absolute Gasteiger partial charge is 0.482 e. The van der Waals surface area contributed by atoms with E-state index < -0.39 is 5.97 Å². The molecule has 0 aromatic heterocycles. The number of halogens is 1. The molecule has 0 spiro atoms. The highest BCUT2D eigenvalue weighted by atomic mass is 79.9. The lowest BCUT2D eigenvalue weighted by atomic mass is 10.1. The van der Waals surface area contributed by atoms with Gasteiger partial charge in [-0.25, -0.2) is 4.79 Å². The van der Waals surface area contributed by atoms with Crippen LogP contribution in [0, 0.1) is 11.3 Å². The molecule has 0 atom stereocenters. The van der Waals surface area contributed by atoms with Gasteiger partial charge in [-0.1, -0.05) is 15.9 Å². The van der Waals surface area contributed by atoms with Crippen LogP contribution in [0.15, 0.2) is 18.2 Å². The third-order valence-electron chi connectivity index (χ3n) is 1.68. The number of carboxylic acid groups (broad SMARTS) is 1. The van der Waals surface area contributed by atoms with Crippen LogP contribution in [0.3, 0.4) is 0 Å². The summed E-state index contributed by atoms with van der Waals surface area (Å²) in [6, 6.07) is 6.84. The fourth-order valence-corrected chi connectivity index (χ4v) is 1.47. The molecule has 5 heteroatoms. The first-order valence-corrected chi connectivity index (χ1v) is 5.23. The van der Waals surface area contributed by atoms with Crippen molar-refractivity contribution in [2.45, 2.75) is 5.33 Å². The first kappa shape index (κ1) is 11.5. The van der Waals surface area contributed by atoms with Crippen molar-refractivity contribution in [3.63, 3.8) is 0 Å². The van der Waals surface area contributed by atoms with Crippen molar-refractivity contribution in [3.05, 3.63) is 29.3 Å². The molecule has 0 amide bonds. The van der Waals surface area contributed by atoms with Gasteiger partial charge < -0.3 is 9.84 Å². The summed E-state index contributed by atoms with van der Waals surface area (Å²) in [5.41, 5.74) is 1.28. The first-order valence-electron chi connectivity index (χ1n) is 4.11. The molecule has 0 heterocycles. The predicted octanol–water partition coefficient (Wildman–Crippen LogP) is 1.92. The quantitative estimate of drug-likeness (QED) is 0.848. The molecule has 0 unspecified atom stereocenters. The normalized spacial score (nSPS) is 9.33. The van der Waals surface area contributed by atoms with Crippen LogP contribution in [0.2, 0.25) is 0 Å². The van der Waals surface area contributed by atoms with Gasteiger partial charge >= 0.3 is 5.97 Å². The molecule has 4 nitrogen and oxygen atoms in total. The van der Waals surface area contributed by atoms with Gasteiger partial charge in [0.2, 0.25) is 0 Å². The lowest BCUT2D eigenvalue weighted by molar-refractivity contribution is -0.139. The van der Waals surface area contributed by atoms with Gasteiger partial charge in [-0.3, -0.25) is 0 Å². The monoisotopic (exact) mass is 269 g/mol. The Labute approximate surface area is 95.2 Å². The van der Waals surface area contributed by atoms with E-state index in [2.05, 4.69) is 15.9 Å². The average molecular weight is 270 g/mol. The van der Waals surface area contributed by atoms with Crippen LogP contribution in [-0.2, 0) is 10.1 Å². The van der Waals surface area contributed by atoms with Gasteiger partial charge in [-0.05, 0) is 18.2 Å². The Kier molecular flexibility index (Phi) is 4.13. The van der Waals surface area contributed by atoms with Gasteiger partial charge in [0.1, 0.15) is 5.75 Å². The molecule has 1 N–H and O–H groups in total. The number of benzene rings is 1. The van der Waals surface area contributed by atoms with Crippen molar-refractivity contribution in [2.24, 2.45) is 0 Å². The highest BCUT2D eigenvalue weighted by molar-refractivity contribution is 9.08. The molecule has 0 aliphatic rings. The fraction of sp³-hybridized carbons (Fsp3) is 0.200. The Morgan fingerprint density at radius 2 is 2.33 bits per heavy atom. The third-order valence-corrected chi connectivity index (χ3v) is 2.29. The fourth-order valence-electron chi connectivity index (χ4n) is 1.03. The van der Waals surface area contributed by atoms with E-state index in [1.807, 2.05) is 6.07 Å².